The summed E-state index contributed by atoms with van der Waals surface area (Å²) in [7, 11) is 1.64. The third-order valence-electron chi connectivity index (χ3n) is 2.65. The first-order valence-corrected chi connectivity index (χ1v) is 7.07. The molecule has 0 N–H and O–H groups in total. The summed E-state index contributed by atoms with van der Waals surface area (Å²) in [5.41, 5.74) is 1.04. The van der Waals surface area contributed by atoms with Gasteiger partial charge in [0.2, 0.25) is 0 Å². The maximum absolute atomic E-state index is 5.72. The summed E-state index contributed by atoms with van der Waals surface area (Å²) in [5, 5.41) is 0. The Morgan fingerprint density at radius 1 is 1.10 bits per heavy atom. The van der Waals surface area contributed by atoms with Gasteiger partial charge in [0.15, 0.2) is 5.75 Å². The lowest BCUT2D eigenvalue weighted by Gasteiger charge is -2.12. The predicted octanol–water partition coefficient (Wildman–Crippen LogP) is 3.83. The van der Waals surface area contributed by atoms with Crippen LogP contribution in [-0.4, -0.2) is 18.7 Å². The fourth-order valence-electron chi connectivity index (χ4n) is 1.66. The molecule has 0 bridgehead atoms. The number of methoxy groups -OCH3 is 1. The number of aromatic nitrogens is 1. The van der Waals surface area contributed by atoms with E-state index in [1.54, 1.807) is 13.3 Å². The van der Waals surface area contributed by atoms with E-state index in [4.69, 9.17) is 14.2 Å². The number of pyridine rings is 1. The average Bonchev–Trinajstić information content (AvgIpc) is 2.48. The van der Waals surface area contributed by atoms with Gasteiger partial charge in [0.05, 0.1) is 18.2 Å². The van der Waals surface area contributed by atoms with Crippen LogP contribution in [0.5, 0.6) is 17.4 Å². The van der Waals surface area contributed by atoms with Gasteiger partial charge in [0.1, 0.15) is 12.4 Å². The Hall–Kier alpha value is -1.75. The van der Waals surface area contributed by atoms with Gasteiger partial charge in [-0.05, 0) is 46.6 Å². The van der Waals surface area contributed by atoms with Gasteiger partial charge in [-0.3, -0.25) is 0 Å². The van der Waals surface area contributed by atoms with Crippen molar-refractivity contribution < 1.29 is 14.2 Å². The van der Waals surface area contributed by atoms with Crippen LogP contribution >= 0.6 is 15.9 Å². The Morgan fingerprint density at radius 2 is 1.85 bits per heavy atom. The molecule has 1 heterocycles. The SMILES string of the molecule is CCOc1c(Br)ccnc1OCc1ccc(OC)cc1. The van der Waals surface area contributed by atoms with E-state index in [1.807, 2.05) is 37.3 Å². The van der Waals surface area contributed by atoms with Gasteiger partial charge in [-0.15, -0.1) is 0 Å². The van der Waals surface area contributed by atoms with E-state index in [9.17, 15) is 0 Å². The summed E-state index contributed by atoms with van der Waals surface area (Å²) in [6, 6.07) is 9.53. The average molecular weight is 338 g/mol. The first-order valence-electron chi connectivity index (χ1n) is 6.27. The Balaban J connectivity index is 2.08. The van der Waals surface area contributed by atoms with Crippen LogP contribution < -0.4 is 14.2 Å². The summed E-state index contributed by atoms with van der Waals surface area (Å²) < 4.78 is 17.2. The first kappa shape index (κ1) is 14.7. The standard InChI is InChI=1S/C15H16BrNO3/c1-3-19-14-13(16)8-9-17-15(14)20-10-11-4-6-12(18-2)7-5-11/h4-9H,3,10H2,1-2H3. The van der Waals surface area contributed by atoms with Crippen molar-refractivity contribution in [2.75, 3.05) is 13.7 Å². The summed E-state index contributed by atoms with van der Waals surface area (Å²) in [6.45, 7) is 2.91. The summed E-state index contributed by atoms with van der Waals surface area (Å²) >= 11 is 3.43. The van der Waals surface area contributed by atoms with Crippen LogP contribution in [0, 0.1) is 0 Å². The Bertz CT molecular complexity index is 558. The topological polar surface area (TPSA) is 40.6 Å². The molecule has 0 aliphatic rings. The molecule has 2 aromatic rings. The molecule has 0 unspecified atom stereocenters. The molecule has 0 atom stereocenters. The molecule has 4 nitrogen and oxygen atoms in total. The Kier molecular flexibility index (Phi) is 5.24. The summed E-state index contributed by atoms with van der Waals surface area (Å²) in [4.78, 5) is 4.21. The third-order valence-corrected chi connectivity index (χ3v) is 3.27. The van der Waals surface area contributed by atoms with Gasteiger partial charge in [-0.2, -0.15) is 0 Å². The number of ether oxygens (including phenoxy) is 3. The van der Waals surface area contributed by atoms with Gasteiger partial charge >= 0.3 is 0 Å². The Morgan fingerprint density at radius 3 is 2.50 bits per heavy atom. The number of nitrogens with zero attached hydrogens (tertiary/aromatic N) is 1. The van der Waals surface area contributed by atoms with Gasteiger partial charge in [-0.1, -0.05) is 12.1 Å². The number of rotatable bonds is 6. The lowest BCUT2D eigenvalue weighted by molar-refractivity contribution is 0.257. The van der Waals surface area contributed by atoms with Crippen LogP contribution in [0.15, 0.2) is 41.0 Å². The third kappa shape index (κ3) is 3.63. The van der Waals surface area contributed by atoms with Crippen molar-refractivity contribution >= 4 is 15.9 Å². The summed E-state index contributed by atoms with van der Waals surface area (Å²) in [5.74, 6) is 1.94. The van der Waals surface area contributed by atoms with Gasteiger partial charge < -0.3 is 14.2 Å². The molecule has 5 heteroatoms. The molecule has 0 fully saturated rings. The van der Waals surface area contributed by atoms with Crippen LogP contribution in [0.2, 0.25) is 0 Å². The monoisotopic (exact) mass is 337 g/mol. The van der Waals surface area contributed by atoms with E-state index in [-0.39, 0.29) is 0 Å². The normalized spacial score (nSPS) is 10.2. The second-order valence-electron chi connectivity index (χ2n) is 4.00. The Labute approximate surface area is 126 Å². The van der Waals surface area contributed by atoms with Crippen LogP contribution in [0.25, 0.3) is 0 Å². The molecule has 0 spiro atoms. The second kappa shape index (κ2) is 7.14. The molecule has 0 aliphatic carbocycles. The van der Waals surface area contributed by atoms with E-state index in [2.05, 4.69) is 20.9 Å². The highest BCUT2D eigenvalue weighted by Gasteiger charge is 2.10. The molecule has 0 saturated heterocycles. The minimum atomic E-state index is 0.424. The molecular formula is C15H16BrNO3. The van der Waals surface area contributed by atoms with E-state index in [0.29, 0.717) is 24.8 Å². The minimum absolute atomic E-state index is 0.424. The number of halogens is 1. The van der Waals surface area contributed by atoms with Crippen LogP contribution in [0.4, 0.5) is 0 Å². The first-order chi connectivity index (χ1) is 9.74. The van der Waals surface area contributed by atoms with Crippen LogP contribution in [0.3, 0.4) is 0 Å². The van der Waals surface area contributed by atoms with Gasteiger partial charge in [0.25, 0.3) is 5.88 Å². The largest absolute Gasteiger partial charge is 0.497 e. The molecule has 0 amide bonds. The lowest BCUT2D eigenvalue weighted by atomic mass is 10.2. The van der Waals surface area contributed by atoms with Crippen LogP contribution in [0.1, 0.15) is 12.5 Å². The highest BCUT2D eigenvalue weighted by molar-refractivity contribution is 9.10. The highest BCUT2D eigenvalue weighted by atomic mass is 79.9. The van der Waals surface area contributed by atoms with E-state index < -0.39 is 0 Å². The van der Waals surface area contributed by atoms with E-state index in [1.165, 1.54) is 0 Å². The van der Waals surface area contributed by atoms with Crippen molar-refractivity contribution in [1.29, 1.82) is 0 Å². The zero-order chi connectivity index (χ0) is 14.4. The van der Waals surface area contributed by atoms with Crippen molar-refractivity contribution in [1.82, 2.24) is 4.98 Å². The lowest BCUT2D eigenvalue weighted by Crippen LogP contribution is -2.02. The van der Waals surface area contributed by atoms with Gasteiger partial charge in [0, 0.05) is 6.20 Å². The maximum atomic E-state index is 5.72. The summed E-state index contributed by atoms with van der Waals surface area (Å²) in [6.07, 6.45) is 1.68. The molecule has 0 saturated carbocycles. The molecule has 1 aromatic carbocycles. The predicted molar refractivity (Wildman–Crippen MR) is 80.4 cm³/mol. The van der Waals surface area contributed by atoms with Crippen molar-refractivity contribution in [2.24, 2.45) is 0 Å². The van der Waals surface area contributed by atoms with E-state index in [0.717, 1.165) is 15.8 Å². The quantitative estimate of drug-likeness (QED) is 0.803. The maximum Gasteiger partial charge on any atom is 0.258 e. The van der Waals surface area contributed by atoms with Crippen molar-refractivity contribution in [3.8, 4) is 17.4 Å². The molecule has 1 aromatic heterocycles. The molecule has 0 radical (unpaired) electrons. The fraction of sp³-hybridized carbons (Fsp3) is 0.267. The van der Waals surface area contributed by atoms with Crippen molar-refractivity contribution in [3.63, 3.8) is 0 Å². The molecule has 20 heavy (non-hydrogen) atoms. The van der Waals surface area contributed by atoms with Crippen molar-refractivity contribution in [3.05, 3.63) is 46.6 Å². The van der Waals surface area contributed by atoms with Gasteiger partial charge in [-0.25, -0.2) is 4.98 Å². The number of hydrogen-bond donors (Lipinski definition) is 0. The van der Waals surface area contributed by atoms with Crippen LogP contribution in [-0.2, 0) is 6.61 Å². The highest BCUT2D eigenvalue weighted by Crippen LogP contribution is 2.33. The molecule has 0 aliphatic heterocycles. The molecule has 106 valence electrons. The minimum Gasteiger partial charge on any atom is -0.497 e. The number of hydrogen-bond acceptors (Lipinski definition) is 4. The van der Waals surface area contributed by atoms with Crippen molar-refractivity contribution in [2.45, 2.75) is 13.5 Å². The molecule has 2 rings (SSSR count). The molecular weight excluding hydrogens is 322 g/mol. The fourth-order valence-corrected chi connectivity index (χ4v) is 2.06. The van der Waals surface area contributed by atoms with E-state index >= 15 is 0 Å². The number of benzene rings is 1. The smallest absolute Gasteiger partial charge is 0.258 e. The zero-order valence-corrected chi connectivity index (χ0v) is 13.0. The second-order valence-corrected chi connectivity index (χ2v) is 4.85. The zero-order valence-electron chi connectivity index (χ0n) is 11.4.